The molecule has 3 aliphatic rings. The van der Waals surface area contributed by atoms with Crippen molar-refractivity contribution in [2.24, 2.45) is 17.3 Å². The first-order valence-electron chi connectivity index (χ1n) is 19.3. The van der Waals surface area contributed by atoms with Gasteiger partial charge in [-0.05, 0) is 104 Å². The number of carbonyl (C=O) groups is 3. The van der Waals surface area contributed by atoms with E-state index in [1.54, 1.807) is 13.1 Å². The summed E-state index contributed by atoms with van der Waals surface area (Å²) in [5.41, 5.74) is 3.01. The number of pyridine rings is 2. The molecule has 276 valence electrons. The lowest BCUT2D eigenvalue weighted by Gasteiger charge is -2.45. The quantitative estimate of drug-likeness (QED) is 0.120. The molecule has 4 heterocycles. The molecule has 0 spiro atoms. The fourth-order valence-electron chi connectivity index (χ4n) is 8.76. The van der Waals surface area contributed by atoms with E-state index in [1.807, 2.05) is 54.6 Å². The van der Waals surface area contributed by atoms with E-state index in [-0.39, 0.29) is 34.8 Å². The number of rotatable bonds is 9. The van der Waals surface area contributed by atoms with E-state index >= 15 is 0 Å². The number of ketones is 2. The maximum Gasteiger partial charge on any atom is 0.246 e. The second-order valence-electron chi connectivity index (χ2n) is 15.4. The highest BCUT2D eigenvalue weighted by Gasteiger charge is 2.55. The van der Waals surface area contributed by atoms with Crippen LogP contribution in [-0.4, -0.2) is 58.5 Å². The van der Waals surface area contributed by atoms with E-state index in [9.17, 15) is 18.8 Å². The minimum atomic E-state index is -1.39. The van der Waals surface area contributed by atoms with Crippen molar-refractivity contribution in [3.63, 3.8) is 0 Å². The molecule has 8 nitrogen and oxygen atoms in total. The Morgan fingerprint density at radius 3 is 2.46 bits per heavy atom. The van der Waals surface area contributed by atoms with Crippen LogP contribution < -0.4 is 10.2 Å². The van der Waals surface area contributed by atoms with E-state index in [0.717, 1.165) is 86.5 Å². The van der Waals surface area contributed by atoms with Crippen LogP contribution in [0.25, 0.3) is 21.9 Å². The second kappa shape index (κ2) is 15.3. The summed E-state index contributed by atoms with van der Waals surface area (Å²) in [6, 6.07) is 27.2. The Kier molecular flexibility index (Phi) is 10.2. The highest BCUT2D eigenvalue weighted by atomic mass is 19.1. The molecule has 2 aromatic heterocycles. The Morgan fingerprint density at radius 2 is 1.65 bits per heavy atom. The molecule has 1 saturated heterocycles. The van der Waals surface area contributed by atoms with Crippen LogP contribution in [0.1, 0.15) is 78.3 Å². The van der Waals surface area contributed by atoms with Gasteiger partial charge < -0.3 is 5.32 Å². The number of benzene rings is 3. The molecule has 2 fully saturated rings. The van der Waals surface area contributed by atoms with Gasteiger partial charge in [0.1, 0.15) is 16.9 Å². The van der Waals surface area contributed by atoms with Gasteiger partial charge in [0.2, 0.25) is 5.91 Å². The van der Waals surface area contributed by atoms with Crippen LogP contribution in [0.3, 0.4) is 0 Å². The molecule has 1 atom stereocenters. The highest BCUT2D eigenvalue weighted by Crippen LogP contribution is 2.50. The molecule has 1 saturated carbocycles. The molecule has 2 aliphatic heterocycles. The maximum atomic E-state index is 14.8. The van der Waals surface area contributed by atoms with Crippen LogP contribution in [0.4, 0.5) is 15.9 Å². The lowest BCUT2D eigenvalue weighted by Crippen LogP contribution is -2.54. The zero-order chi connectivity index (χ0) is 37.2. The van der Waals surface area contributed by atoms with Crippen LogP contribution in [0, 0.1) is 23.1 Å². The van der Waals surface area contributed by atoms with E-state index < -0.39 is 11.2 Å². The second-order valence-corrected chi connectivity index (χ2v) is 15.4. The summed E-state index contributed by atoms with van der Waals surface area (Å²) in [7, 11) is 0. The van der Waals surface area contributed by atoms with Crippen LogP contribution >= 0.6 is 0 Å². The number of Topliss-reactive ketones (excluding diaryl/α,β-unsaturated/α-hetero) is 2. The molecule has 1 unspecified atom stereocenters. The molecular formula is C45H46FN5O3. The van der Waals surface area contributed by atoms with Crippen LogP contribution in [0.2, 0.25) is 0 Å². The molecule has 8 rings (SSSR count). The molecule has 54 heavy (non-hydrogen) atoms. The number of halogens is 1. The zero-order valence-corrected chi connectivity index (χ0v) is 30.8. The van der Waals surface area contributed by atoms with Crippen molar-refractivity contribution >= 4 is 39.8 Å². The van der Waals surface area contributed by atoms with Crippen LogP contribution in [0.5, 0.6) is 0 Å². The molecule has 5 aromatic rings. The number of fused-ring (bicyclic) bond motifs is 2. The molecule has 1 aliphatic carbocycles. The third kappa shape index (κ3) is 7.10. The number of amides is 1. The predicted octanol–water partition coefficient (Wildman–Crippen LogP) is 8.57. The zero-order valence-electron chi connectivity index (χ0n) is 30.8. The van der Waals surface area contributed by atoms with Crippen molar-refractivity contribution in [1.29, 1.82) is 0 Å². The monoisotopic (exact) mass is 723 g/mol. The van der Waals surface area contributed by atoms with Gasteiger partial charge in [-0.25, -0.2) is 9.37 Å². The summed E-state index contributed by atoms with van der Waals surface area (Å²) in [5.74, 6) is -1.07. The molecule has 0 bridgehead atoms. The predicted molar refractivity (Wildman–Crippen MR) is 209 cm³/mol. The average Bonchev–Trinajstić information content (AvgIpc) is 3.48. The highest BCUT2D eigenvalue weighted by molar-refractivity contribution is 6.26. The van der Waals surface area contributed by atoms with E-state index in [2.05, 4.69) is 44.5 Å². The molecule has 1 N–H and O–H groups in total. The first-order chi connectivity index (χ1) is 26.3. The molecule has 9 heteroatoms. The smallest absolute Gasteiger partial charge is 0.246 e. The van der Waals surface area contributed by atoms with E-state index in [0.29, 0.717) is 36.6 Å². The Balaban J connectivity index is 0.988. The third-order valence-electron chi connectivity index (χ3n) is 12.0. The lowest BCUT2D eigenvalue weighted by molar-refractivity contribution is -0.128. The summed E-state index contributed by atoms with van der Waals surface area (Å²) >= 11 is 0. The molecular weight excluding hydrogens is 678 g/mol. The van der Waals surface area contributed by atoms with Crippen LogP contribution in [0.15, 0.2) is 97.3 Å². The Labute approximate surface area is 315 Å². The number of carbonyl (C=O) groups excluding carboxylic acids is 3. The van der Waals surface area contributed by atoms with Crippen molar-refractivity contribution in [1.82, 2.24) is 20.2 Å². The van der Waals surface area contributed by atoms with Gasteiger partial charge in [-0.2, -0.15) is 0 Å². The first kappa shape index (κ1) is 35.9. The molecule has 0 radical (unpaired) electrons. The number of hydrogen-bond acceptors (Lipinski definition) is 7. The van der Waals surface area contributed by atoms with Crippen molar-refractivity contribution in [3.05, 3.63) is 120 Å². The summed E-state index contributed by atoms with van der Waals surface area (Å²) in [6.45, 7) is 6.81. The summed E-state index contributed by atoms with van der Waals surface area (Å²) in [4.78, 5) is 54.9. The van der Waals surface area contributed by atoms with Gasteiger partial charge in [0, 0.05) is 37.6 Å². The number of nitrogens with one attached hydrogen (secondary N) is 1. The standard InChI is InChI=1S/C45H46FN5O3/c1-45(36-17-12-30(13-18-36)14-19-41(52)40-25-34-6-2-3-7-35(34)27-48-40)42(53)39-26-37(46)28-49-43(39)51(44(45)54)38-9-4-8-33(24-38)32-15-10-31(11-16-32)29-50-22-5-20-47-21-23-50/h2-4,6-11,15-16,24-28,30,36,47H,5,12-14,17-23,29H2,1H3. The average molecular weight is 724 g/mol. The van der Waals surface area contributed by atoms with Crippen LogP contribution in [-0.2, 0) is 11.3 Å². The van der Waals surface area contributed by atoms with Gasteiger partial charge in [0.15, 0.2) is 17.4 Å². The van der Waals surface area contributed by atoms with Gasteiger partial charge in [-0.15, -0.1) is 0 Å². The number of nitrogens with zero attached hydrogens (tertiary/aromatic N) is 4. The normalized spacial score (nSPS) is 22.2. The fraction of sp³-hybridized carbons (Fsp3) is 0.356. The SMILES string of the molecule is CC1(C2CCC(CCC(=O)c3cc4ccccc4cn3)CC2)C(=O)c2cc(F)cnc2N(c2cccc(-c3ccc(CN4CCCNCC4)cc3)c2)C1=O. The molecule has 3 aromatic carbocycles. The summed E-state index contributed by atoms with van der Waals surface area (Å²) in [5, 5.41) is 5.46. The number of hydrogen-bond donors (Lipinski definition) is 1. The van der Waals surface area contributed by atoms with Gasteiger partial charge >= 0.3 is 0 Å². The molecule has 1 amide bonds. The van der Waals surface area contributed by atoms with Gasteiger partial charge in [-0.3, -0.25) is 29.2 Å². The fourth-order valence-corrected chi connectivity index (χ4v) is 8.76. The van der Waals surface area contributed by atoms with Crippen molar-refractivity contribution < 1.29 is 18.8 Å². The van der Waals surface area contributed by atoms with Gasteiger partial charge in [-0.1, -0.05) is 73.5 Å². The topological polar surface area (TPSA) is 95.5 Å². The van der Waals surface area contributed by atoms with Crippen molar-refractivity contribution in [2.45, 2.75) is 58.4 Å². The Hall–Kier alpha value is -5.12. The maximum absolute atomic E-state index is 14.8. The van der Waals surface area contributed by atoms with Gasteiger partial charge in [0.05, 0.1) is 17.4 Å². The van der Waals surface area contributed by atoms with E-state index in [1.165, 1.54) is 16.5 Å². The number of anilines is 2. The van der Waals surface area contributed by atoms with E-state index in [4.69, 9.17) is 0 Å². The first-order valence-corrected chi connectivity index (χ1v) is 19.3. The number of aromatic nitrogens is 2. The lowest BCUT2D eigenvalue weighted by atomic mass is 9.62. The summed E-state index contributed by atoms with van der Waals surface area (Å²) in [6.07, 6.45) is 8.01. The minimum absolute atomic E-state index is 0.0259. The Bertz CT molecular complexity index is 2190. The largest absolute Gasteiger partial charge is 0.315 e. The Morgan fingerprint density at radius 1 is 0.852 bits per heavy atom. The van der Waals surface area contributed by atoms with Gasteiger partial charge in [0.25, 0.3) is 0 Å². The summed E-state index contributed by atoms with van der Waals surface area (Å²) < 4.78 is 14.7. The minimum Gasteiger partial charge on any atom is -0.315 e. The third-order valence-corrected chi connectivity index (χ3v) is 12.0. The van der Waals surface area contributed by atoms with Crippen molar-refractivity contribution in [2.75, 3.05) is 31.1 Å². The van der Waals surface area contributed by atoms with Crippen molar-refractivity contribution in [3.8, 4) is 11.1 Å².